The minimum atomic E-state index is -3.13. The second-order valence-corrected chi connectivity index (χ2v) is 10.2. The molecule has 3 aromatic heterocycles. The summed E-state index contributed by atoms with van der Waals surface area (Å²) in [6.07, 6.45) is 1.99. The molecule has 4 heterocycles. The van der Waals surface area contributed by atoms with Crippen molar-refractivity contribution in [2.45, 2.75) is 19.4 Å². The molecule has 1 N–H and O–H groups in total. The van der Waals surface area contributed by atoms with Gasteiger partial charge in [-0.3, -0.25) is 4.79 Å². The van der Waals surface area contributed by atoms with E-state index in [0.717, 1.165) is 0 Å². The van der Waals surface area contributed by atoms with Gasteiger partial charge >= 0.3 is 0 Å². The Morgan fingerprint density at radius 3 is 2.79 bits per heavy atom. The summed E-state index contributed by atoms with van der Waals surface area (Å²) in [6.45, 7) is 1.79. The van der Waals surface area contributed by atoms with E-state index in [0.29, 0.717) is 51.6 Å². The Hall–Kier alpha value is -3.66. The van der Waals surface area contributed by atoms with Crippen molar-refractivity contribution >= 4 is 32.5 Å². The highest BCUT2D eigenvalue weighted by molar-refractivity contribution is 7.91. The molecule has 0 bridgehead atoms. The summed E-state index contributed by atoms with van der Waals surface area (Å²) in [5.41, 5.74) is 2.47. The maximum atomic E-state index is 13.4. The van der Waals surface area contributed by atoms with Crippen LogP contribution < -0.4 is 10.1 Å². The van der Waals surface area contributed by atoms with Gasteiger partial charge in [0.2, 0.25) is 0 Å². The molecule has 1 aliphatic rings. The fourth-order valence-corrected chi connectivity index (χ4v) is 5.86. The van der Waals surface area contributed by atoms with E-state index in [1.807, 2.05) is 0 Å². The fraction of sp³-hybridized carbons (Fsp3) is 0.261. The van der Waals surface area contributed by atoms with Crippen LogP contribution in [0.2, 0.25) is 0 Å². The van der Waals surface area contributed by atoms with Crippen LogP contribution in [0.4, 0.5) is 5.69 Å². The van der Waals surface area contributed by atoms with E-state index >= 15 is 0 Å². The number of anilines is 1. The van der Waals surface area contributed by atoms with Gasteiger partial charge in [0.25, 0.3) is 5.91 Å². The van der Waals surface area contributed by atoms with Crippen molar-refractivity contribution in [3.8, 4) is 17.2 Å². The molecule has 9 nitrogen and oxygen atoms in total. The van der Waals surface area contributed by atoms with Gasteiger partial charge in [-0.15, -0.1) is 0 Å². The summed E-state index contributed by atoms with van der Waals surface area (Å²) in [4.78, 5) is 18.1. The molecule has 33 heavy (non-hydrogen) atoms. The molecule has 1 aliphatic heterocycles. The van der Waals surface area contributed by atoms with Crippen LogP contribution in [0.3, 0.4) is 0 Å². The summed E-state index contributed by atoms with van der Waals surface area (Å²) in [5, 5.41) is 8.08. The molecule has 5 rings (SSSR count). The highest BCUT2D eigenvalue weighted by atomic mass is 32.2. The maximum Gasteiger partial charge on any atom is 0.256 e. The Kier molecular flexibility index (Phi) is 5.16. The Morgan fingerprint density at radius 1 is 1.24 bits per heavy atom. The first-order valence-corrected chi connectivity index (χ1v) is 12.3. The molecule has 170 valence electrons. The summed E-state index contributed by atoms with van der Waals surface area (Å²) < 4.78 is 36.6. The molecule has 1 fully saturated rings. The molecule has 4 aromatic rings. The van der Waals surface area contributed by atoms with Crippen molar-refractivity contribution in [3.05, 3.63) is 60.0 Å². The van der Waals surface area contributed by atoms with Crippen LogP contribution in [0.25, 0.3) is 22.5 Å². The third-order valence-electron chi connectivity index (χ3n) is 5.74. The van der Waals surface area contributed by atoms with E-state index in [9.17, 15) is 13.2 Å². The number of methoxy groups -OCH3 is 1. The highest BCUT2D eigenvalue weighted by Crippen LogP contribution is 2.32. The van der Waals surface area contributed by atoms with Gasteiger partial charge in [0, 0.05) is 11.8 Å². The number of nitrogens with one attached hydrogen (secondary N) is 1. The van der Waals surface area contributed by atoms with Crippen molar-refractivity contribution in [1.29, 1.82) is 0 Å². The van der Waals surface area contributed by atoms with Crippen molar-refractivity contribution in [2.75, 3.05) is 23.9 Å². The molecule has 0 aliphatic carbocycles. The van der Waals surface area contributed by atoms with E-state index in [2.05, 4.69) is 10.4 Å². The molecule has 0 saturated carbocycles. The zero-order valence-electron chi connectivity index (χ0n) is 18.1. The van der Waals surface area contributed by atoms with Crippen molar-refractivity contribution in [1.82, 2.24) is 14.8 Å². The highest BCUT2D eigenvalue weighted by Gasteiger charge is 2.32. The number of amides is 1. The van der Waals surface area contributed by atoms with Gasteiger partial charge in [0.05, 0.1) is 47.6 Å². The Bertz CT molecular complexity index is 1460. The SMILES string of the molecule is COc1cccc(NC(=O)c2cc(-c3ccco3)nc3c2c(C)nn3[C@H]2CCS(=O)(=O)C2)c1. The monoisotopic (exact) mass is 466 g/mol. The van der Waals surface area contributed by atoms with Crippen LogP contribution in [-0.4, -0.2) is 47.7 Å². The average molecular weight is 467 g/mol. The number of aryl methyl sites for hydroxylation is 1. The standard InChI is InChI=1S/C23H22N4O5S/c1-14-21-18(23(28)24-15-5-3-6-17(11-15)31-2)12-19(20-7-4-9-32-20)25-22(21)27(26-14)16-8-10-33(29,30)13-16/h3-7,9,11-12,16H,8,10,13H2,1-2H3,(H,24,28)/t16-/m0/s1. The molecule has 0 spiro atoms. The normalized spacial score (nSPS) is 17.3. The van der Waals surface area contributed by atoms with Crippen LogP contribution in [0.1, 0.15) is 28.5 Å². The predicted octanol–water partition coefficient (Wildman–Crippen LogP) is 3.62. The number of fused-ring (bicyclic) bond motifs is 1. The van der Waals surface area contributed by atoms with Gasteiger partial charge in [-0.05, 0) is 43.7 Å². The number of furan rings is 1. The zero-order valence-corrected chi connectivity index (χ0v) is 18.9. The number of carbonyl (C=O) groups excluding carboxylic acids is 1. The van der Waals surface area contributed by atoms with Gasteiger partial charge in [-0.25, -0.2) is 18.1 Å². The zero-order chi connectivity index (χ0) is 23.2. The summed E-state index contributed by atoms with van der Waals surface area (Å²) in [6, 6.07) is 11.9. The Balaban J connectivity index is 1.64. The van der Waals surface area contributed by atoms with E-state index < -0.39 is 9.84 Å². The Morgan fingerprint density at radius 2 is 2.09 bits per heavy atom. The molecule has 1 amide bonds. The third kappa shape index (κ3) is 3.97. The van der Waals surface area contributed by atoms with Crippen LogP contribution in [0.15, 0.2) is 53.1 Å². The molecule has 1 atom stereocenters. The quantitative estimate of drug-likeness (QED) is 0.477. The second kappa shape index (κ2) is 8.04. The van der Waals surface area contributed by atoms with Crippen molar-refractivity contribution in [3.63, 3.8) is 0 Å². The average Bonchev–Trinajstić information content (AvgIpc) is 3.52. The minimum absolute atomic E-state index is 0.00121. The molecule has 1 aromatic carbocycles. The number of pyridine rings is 1. The number of rotatable bonds is 5. The Labute approximate surface area is 190 Å². The number of sulfone groups is 1. The lowest BCUT2D eigenvalue weighted by atomic mass is 10.1. The van der Waals surface area contributed by atoms with Gasteiger partial charge in [0.1, 0.15) is 11.4 Å². The van der Waals surface area contributed by atoms with Crippen LogP contribution >= 0.6 is 0 Å². The second-order valence-electron chi connectivity index (χ2n) is 8.00. The van der Waals surface area contributed by atoms with Crippen molar-refractivity contribution in [2.24, 2.45) is 0 Å². The smallest absolute Gasteiger partial charge is 0.256 e. The largest absolute Gasteiger partial charge is 0.497 e. The first-order valence-electron chi connectivity index (χ1n) is 10.4. The van der Waals surface area contributed by atoms with Crippen LogP contribution in [0.5, 0.6) is 5.75 Å². The number of hydrogen-bond donors (Lipinski definition) is 1. The summed E-state index contributed by atoms with van der Waals surface area (Å²) in [5.74, 6) is 0.887. The number of ether oxygens (including phenoxy) is 1. The summed E-state index contributed by atoms with van der Waals surface area (Å²) >= 11 is 0. The van der Waals surface area contributed by atoms with Gasteiger partial charge < -0.3 is 14.5 Å². The third-order valence-corrected chi connectivity index (χ3v) is 7.49. The van der Waals surface area contributed by atoms with E-state index in [-0.39, 0.29) is 23.5 Å². The molecule has 10 heteroatoms. The van der Waals surface area contributed by atoms with Crippen molar-refractivity contribution < 1.29 is 22.4 Å². The van der Waals surface area contributed by atoms with Gasteiger partial charge in [-0.2, -0.15) is 5.10 Å². The molecule has 0 radical (unpaired) electrons. The van der Waals surface area contributed by atoms with Gasteiger partial charge in [0.15, 0.2) is 21.2 Å². The number of benzene rings is 1. The summed E-state index contributed by atoms with van der Waals surface area (Å²) in [7, 11) is -1.57. The predicted molar refractivity (Wildman–Crippen MR) is 123 cm³/mol. The molecule has 1 saturated heterocycles. The number of aromatic nitrogens is 3. The maximum absolute atomic E-state index is 13.4. The molecular formula is C23H22N4O5S. The minimum Gasteiger partial charge on any atom is -0.497 e. The first-order chi connectivity index (χ1) is 15.8. The van der Waals surface area contributed by atoms with E-state index in [1.54, 1.807) is 61.2 Å². The molecule has 0 unspecified atom stereocenters. The topological polar surface area (TPSA) is 116 Å². The fourth-order valence-electron chi connectivity index (χ4n) is 4.16. The van der Waals surface area contributed by atoms with Gasteiger partial charge in [-0.1, -0.05) is 6.07 Å². The lowest BCUT2D eigenvalue weighted by Gasteiger charge is -2.12. The van der Waals surface area contributed by atoms with Crippen LogP contribution in [-0.2, 0) is 9.84 Å². The van der Waals surface area contributed by atoms with E-state index in [4.69, 9.17) is 14.1 Å². The molecular weight excluding hydrogens is 444 g/mol. The number of hydrogen-bond acceptors (Lipinski definition) is 7. The lowest BCUT2D eigenvalue weighted by molar-refractivity contribution is 0.102. The first kappa shape index (κ1) is 21.2. The number of nitrogens with zero attached hydrogens (tertiary/aromatic N) is 3. The van der Waals surface area contributed by atoms with Crippen LogP contribution in [0, 0.1) is 6.92 Å². The lowest BCUT2D eigenvalue weighted by Crippen LogP contribution is -2.15. The number of carbonyl (C=O) groups is 1. The van der Waals surface area contributed by atoms with E-state index in [1.165, 1.54) is 6.26 Å².